The van der Waals surface area contributed by atoms with Crippen LogP contribution in [0.1, 0.15) is 82.9 Å². The lowest BCUT2D eigenvalue weighted by Gasteiger charge is -2.32. The zero-order valence-corrected chi connectivity index (χ0v) is 16.6. The van der Waals surface area contributed by atoms with Crippen LogP contribution in [0.4, 0.5) is 0 Å². The number of hydrogen-bond acceptors (Lipinski definition) is 2. The Morgan fingerprint density at radius 1 is 1.08 bits per heavy atom. The molecule has 3 nitrogen and oxygen atoms in total. The van der Waals surface area contributed by atoms with Crippen molar-refractivity contribution < 1.29 is 4.79 Å². The third-order valence-corrected chi connectivity index (χ3v) is 6.77. The van der Waals surface area contributed by atoms with Crippen LogP contribution >= 0.6 is 0 Å². The highest BCUT2D eigenvalue weighted by atomic mass is 16.2. The zero-order chi connectivity index (χ0) is 18.3. The number of hydrogen-bond donors (Lipinski definition) is 1. The number of benzene rings is 1. The average molecular weight is 355 g/mol. The largest absolute Gasteiger partial charge is 0.336 e. The van der Waals surface area contributed by atoms with Gasteiger partial charge >= 0.3 is 0 Å². The molecule has 3 saturated heterocycles. The molecule has 0 radical (unpaired) electrons. The van der Waals surface area contributed by atoms with Gasteiger partial charge in [-0.05, 0) is 61.0 Å². The second-order valence-electron chi connectivity index (χ2n) is 9.80. The molecule has 3 aliphatic heterocycles. The Morgan fingerprint density at radius 3 is 2.35 bits per heavy atom. The maximum Gasteiger partial charge on any atom is 0.223 e. The lowest BCUT2D eigenvalue weighted by molar-refractivity contribution is -0.133. The molecule has 1 aromatic rings. The molecule has 0 saturated carbocycles. The second kappa shape index (κ2) is 6.99. The SMILES string of the molecule is CC(C)(C)c1ccc(C2CCCN2C(=O)CC2CC3CCC(C2)N3)cc1. The van der Waals surface area contributed by atoms with Crippen LogP contribution in [0.5, 0.6) is 0 Å². The van der Waals surface area contributed by atoms with E-state index in [9.17, 15) is 4.79 Å². The van der Waals surface area contributed by atoms with Crippen LogP contribution in [0.25, 0.3) is 0 Å². The summed E-state index contributed by atoms with van der Waals surface area (Å²) in [5.74, 6) is 0.976. The van der Waals surface area contributed by atoms with Gasteiger partial charge in [0.25, 0.3) is 0 Å². The van der Waals surface area contributed by atoms with E-state index >= 15 is 0 Å². The van der Waals surface area contributed by atoms with Crippen molar-refractivity contribution in [3.63, 3.8) is 0 Å². The van der Waals surface area contributed by atoms with Crippen molar-refractivity contribution in [2.75, 3.05) is 6.54 Å². The Labute approximate surface area is 158 Å². The molecule has 3 heteroatoms. The quantitative estimate of drug-likeness (QED) is 0.862. The van der Waals surface area contributed by atoms with Crippen LogP contribution in [-0.4, -0.2) is 29.4 Å². The first-order valence-electron chi connectivity index (χ1n) is 10.6. The standard InChI is InChI=1S/C23H34N2O/c1-23(2,3)18-8-6-17(7-9-18)21-5-4-12-25(21)22(26)15-16-13-19-10-11-20(14-16)24-19/h6-9,16,19-21,24H,4-5,10-15H2,1-3H3. The Kier molecular flexibility index (Phi) is 4.85. The minimum atomic E-state index is 0.179. The topological polar surface area (TPSA) is 32.3 Å². The lowest BCUT2D eigenvalue weighted by atomic mass is 9.86. The van der Waals surface area contributed by atoms with Gasteiger partial charge < -0.3 is 10.2 Å². The zero-order valence-electron chi connectivity index (χ0n) is 16.6. The number of fused-ring (bicyclic) bond motifs is 2. The van der Waals surface area contributed by atoms with Crippen molar-refractivity contribution in [3.8, 4) is 0 Å². The van der Waals surface area contributed by atoms with E-state index in [4.69, 9.17) is 0 Å². The van der Waals surface area contributed by atoms with Gasteiger partial charge in [0.2, 0.25) is 5.91 Å². The summed E-state index contributed by atoms with van der Waals surface area (Å²) in [6, 6.07) is 10.6. The summed E-state index contributed by atoms with van der Waals surface area (Å²) >= 11 is 0. The Morgan fingerprint density at radius 2 is 1.73 bits per heavy atom. The molecular weight excluding hydrogens is 320 g/mol. The van der Waals surface area contributed by atoms with Gasteiger partial charge in [0.1, 0.15) is 0 Å². The summed E-state index contributed by atoms with van der Waals surface area (Å²) in [5, 5.41) is 3.69. The molecule has 3 atom stereocenters. The molecule has 1 aromatic carbocycles. The van der Waals surface area contributed by atoms with Crippen molar-refractivity contribution in [1.29, 1.82) is 0 Å². The first-order valence-corrected chi connectivity index (χ1v) is 10.6. The number of rotatable bonds is 3. The fourth-order valence-corrected chi connectivity index (χ4v) is 5.32. The number of amides is 1. The van der Waals surface area contributed by atoms with E-state index < -0.39 is 0 Å². The molecule has 3 unspecified atom stereocenters. The molecule has 3 heterocycles. The van der Waals surface area contributed by atoms with Crippen LogP contribution in [0.2, 0.25) is 0 Å². The molecule has 1 N–H and O–H groups in total. The molecule has 0 aromatic heterocycles. The summed E-state index contributed by atoms with van der Waals surface area (Å²) in [4.78, 5) is 15.2. The molecule has 26 heavy (non-hydrogen) atoms. The van der Waals surface area contributed by atoms with E-state index in [1.807, 2.05) is 0 Å². The van der Waals surface area contributed by atoms with Gasteiger partial charge in [0, 0.05) is 25.0 Å². The van der Waals surface area contributed by atoms with Gasteiger partial charge in [-0.15, -0.1) is 0 Å². The van der Waals surface area contributed by atoms with Crippen LogP contribution in [0, 0.1) is 5.92 Å². The van der Waals surface area contributed by atoms with Gasteiger partial charge in [0.15, 0.2) is 0 Å². The molecular formula is C23H34N2O. The average Bonchev–Trinajstić information content (AvgIpc) is 3.21. The van der Waals surface area contributed by atoms with E-state index in [0.717, 1.165) is 25.8 Å². The van der Waals surface area contributed by atoms with Crippen LogP contribution in [0.3, 0.4) is 0 Å². The Hall–Kier alpha value is -1.35. The number of likely N-dealkylation sites (tertiary alicyclic amines) is 1. The summed E-state index contributed by atoms with van der Waals surface area (Å²) < 4.78 is 0. The van der Waals surface area contributed by atoms with Crippen molar-refractivity contribution in [2.24, 2.45) is 5.92 Å². The molecule has 0 aliphatic carbocycles. The number of nitrogens with one attached hydrogen (secondary N) is 1. The van der Waals surface area contributed by atoms with Gasteiger partial charge in [-0.25, -0.2) is 0 Å². The van der Waals surface area contributed by atoms with Crippen LogP contribution in [0.15, 0.2) is 24.3 Å². The number of piperidine rings is 1. The highest BCUT2D eigenvalue weighted by Gasteiger charge is 2.36. The lowest BCUT2D eigenvalue weighted by Crippen LogP contribution is -2.40. The molecule has 3 fully saturated rings. The molecule has 3 aliphatic rings. The summed E-state index contributed by atoms with van der Waals surface area (Å²) in [5.41, 5.74) is 2.86. The molecule has 2 bridgehead atoms. The third kappa shape index (κ3) is 3.69. The van der Waals surface area contributed by atoms with Crippen molar-refractivity contribution in [2.45, 2.75) is 89.3 Å². The maximum absolute atomic E-state index is 13.1. The highest BCUT2D eigenvalue weighted by molar-refractivity contribution is 5.77. The molecule has 4 rings (SSSR count). The maximum atomic E-state index is 13.1. The summed E-state index contributed by atoms with van der Waals surface area (Å²) in [6.45, 7) is 7.68. The Bertz CT molecular complexity index is 633. The van der Waals surface area contributed by atoms with Crippen molar-refractivity contribution in [3.05, 3.63) is 35.4 Å². The van der Waals surface area contributed by atoms with Crippen molar-refractivity contribution >= 4 is 5.91 Å². The van der Waals surface area contributed by atoms with E-state index in [0.29, 0.717) is 23.9 Å². The fraction of sp³-hybridized carbons (Fsp3) is 0.696. The van der Waals surface area contributed by atoms with Gasteiger partial charge in [0.05, 0.1) is 6.04 Å². The number of nitrogens with zero attached hydrogens (tertiary/aromatic N) is 1. The van der Waals surface area contributed by atoms with E-state index in [2.05, 4.69) is 55.3 Å². The molecule has 1 amide bonds. The minimum Gasteiger partial charge on any atom is -0.336 e. The predicted octanol–water partition coefficient (Wildman–Crippen LogP) is 4.57. The van der Waals surface area contributed by atoms with Gasteiger partial charge in [-0.1, -0.05) is 45.0 Å². The summed E-state index contributed by atoms with van der Waals surface area (Å²) in [6.07, 6.45) is 8.00. The number of carbonyl (C=O) groups is 1. The summed E-state index contributed by atoms with van der Waals surface area (Å²) in [7, 11) is 0. The third-order valence-electron chi connectivity index (χ3n) is 6.77. The normalized spacial score (nSPS) is 31.4. The highest BCUT2D eigenvalue weighted by Crippen LogP contribution is 2.37. The van der Waals surface area contributed by atoms with E-state index in [1.165, 1.54) is 36.8 Å². The predicted molar refractivity (Wildman–Crippen MR) is 106 cm³/mol. The molecule has 0 spiro atoms. The second-order valence-corrected chi connectivity index (χ2v) is 9.80. The first kappa shape index (κ1) is 18.0. The van der Waals surface area contributed by atoms with Gasteiger partial charge in [-0.3, -0.25) is 4.79 Å². The van der Waals surface area contributed by atoms with Crippen LogP contribution < -0.4 is 5.32 Å². The minimum absolute atomic E-state index is 0.179. The molecule has 142 valence electrons. The van der Waals surface area contributed by atoms with Gasteiger partial charge in [-0.2, -0.15) is 0 Å². The monoisotopic (exact) mass is 354 g/mol. The van der Waals surface area contributed by atoms with E-state index in [1.54, 1.807) is 0 Å². The Balaban J connectivity index is 1.42. The first-order chi connectivity index (χ1) is 12.4. The fourth-order valence-electron chi connectivity index (χ4n) is 5.32. The smallest absolute Gasteiger partial charge is 0.223 e. The van der Waals surface area contributed by atoms with Crippen molar-refractivity contribution in [1.82, 2.24) is 10.2 Å². The van der Waals surface area contributed by atoms with Crippen LogP contribution in [-0.2, 0) is 10.2 Å². The van der Waals surface area contributed by atoms with E-state index in [-0.39, 0.29) is 11.5 Å². The number of carbonyl (C=O) groups excluding carboxylic acids is 1.